The van der Waals surface area contributed by atoms with Gasteiger partial charge in [-0.3, -0.25) is 0 Å². The van der Waals surface area contributed by atoms with Crippen molar-refractivity contribution >= 4 is 11.3 Å². The molecule has 3 nitrogen and oxygen atoms in total. The summed E-state index contributed by atoms with van der Waals surface area (Å²) >= 11 is 1.80. The van der Waals surface area contributed by atoms with E-state index in [1.165, 1.54) is 4.88 Å². The molecule has 0 saturated heterocycles. The number of rotatable bonds is 4. The van der Waals surface area contributed by atoms with E-state index in [1.807, 2.05) is 11.6 Å². The van der Waals surface area contributed by atoms with Crippen molar-refractivity contribution in [3.05, 3.63) is 40.1 Å². The van der Waals surface area contributed by atoms with Crippen LogP contribution in [0.15, 0.2) is 23.7 Å². The summed E-state index contributed by atoms with van der Waals surface area (Å²) in [6, 6.07) is 4.25. The summed E-state index contributed by atoms with van der Waals surface area (Å²) in [7, 11) is 1.99. The lowest BCUT2D eigenvalue weighted by Crippen LogP contribution is -2.03. The molecule has 15 heavy (non-hydrogen) atoms. The van der Waals surface area contributed by atoms with Crippen molar-refractivity contribution in [3.8, 4) is 0 Å². The Kier molecular flexibility index (Phi) is 3.18. The zero-order valence-electron chi connectivity index (χ0n) is 8.81. The van der Waals surface area contributed by atoms with Crippen molar-refractivity contribution in [2.24, 2.45) is 12.8 Å². The minimum atomic E-state index is 0.509. The second kappa shape index (κ2) is 4.59. The molecule has 0 unspecified atom stereocenters. The van der Waals surface area contributed by atoms with Crippen LogP contribution in [0.3, 0.4) is 0 Å². The van der Waals surface area contributed by atoms with E-state index in [0.717, 1.165) is 24.4 Å². The molecule has 0 aliphatic rings. The summed E-state index contributed by atoms with van der Waals surface area (Å²) in [6.07, 6.45) is 4.13. The highest BCUT2D eigenvalue weighted by molar-refractivity contribution is 7.09. The largest absolute Gasteiger partial charge is 0.337 e. The van der Waals surface area contributed by atoms with Crippen molar-refractivity contribution in [1.82, 2.24) is 9.55 Å². The Labute approximate surface area is 93.6 Å². The van der Waals surface area contributed by atoms with E-state index in [1.54, 1.807) is 11.3 Å². The fourth-order valence-corrected chi connectivity index (χ4v) is 2.30. The molecule has 2 rings (SSSR count). The van der Waals surface area contributed by atoms with Gasteiger partial charge in [0.2, 0.25) is 0 Å². The minimum Gasteiger partial charge on any atom is -0.337 e. The van der Waals surface area contributed by atoms with E-state index in [0.29, 0.717) is 6.54 Å². The van der Waals surface area contributed by atoms with E-state index in [9.17, 15) is 0 Å². The average Bonchev–Trinajstić information content (AvgIpc) is 2.83. The Morgan fingerprint density at radius 1 is 1.47 bits per heavy atom. The lowest BCUT2D eigenvalue weighted by atomic mass is 10.2. The number of nitrogens with two attached hydrogens (primary N) is 1. The first-order valence-electron chi connectivity index (χ1n) is 5.03. The summed E-state index contributed by atoms with van der Waals surface area (Å²) in [6.45, 7) is 0.509. The standard InChI is InChI=1S/C11H15N3S/c1-14-8-9(13-11(14)7-12)4-5-10-3-2-6-15-10/h2-3,6,8H,4-5,7,12H2,1H3. The monoisotopic (exact) mass is 221 g/mol. The second-order valence-corrected chi connectivity index (χ2v) is 4.58. The van der Waals surface area contributed by atoms with Gasteiger partial charge < -0.3 is 10.3 Å². The molecule has 80 valence electrons. The number of hydrogen-bond donors (Lipinski definition) is 1. The molecular formula is C11H15N3S. The highest BCUT2D eigenvalue weighted by Gasteiger charge is 2.03. The molecule has 2 aromatic heterocycles. The number of aryl methyl sites for hydroxylation is 3. The Hall–Kier alpha value is -1.13. The van der Waals surface area contributed by atoms with Crippen molar-refractivity contribution < 1.29 is 0 Å². The van der Waals surface area contributed by atoms with Gasteiger partial charge in [0.05, 0.1) is 12.2 Å². The smallest absolute Gasteiger partial charge is 0.122 e. The quantitative estimate of drug-likeness (QED) is 0.854. The molecule has 0 amide bonds. The van der Waals surface area contributed by atoms with Crippen LogP contribution in [-0.2, 0) is 26.4 Å². The number of nitrogens with zero attached hydrogens (tertiary/aromatic N) is 2. The third kappa shape index (κ3) is 2.46. The van der Waals surface area contributed by atoms with E-state index in [4.69, 9.17) is 5.73 Å². The van der Waals surface area contributed by atoms with Crippen LogP contribution < -0.4 is 5.73 Å². The van der Waals surface area contributed by atoms with Crippen LogP contribution in [0.25, 0.3) is 0 Å². The third-order valence-corrected chi connectivity index (χ3v) is 3.35. The Morgan fingerprint density at radius 2 is 2.33 bits per heavy atom. The van der Waals surface area contributed by atoms with Crippen LogP contribution in [0.2, 0.25) is 0 Å². The maximum absolute atomic E-state index is 5.57. The topological polar surface area (TPSA) is 43.8 Å². The Bertz CT molecular complexity index is 417. The van der Waals surface area contributed by atoms with E-state index < -0.39 is 0 Å². The molecule has 4 heteroatoms. The van der Waals surface area contributed by atoms with Gasteiger partial charge in [-0.2, -0.15) is 0 Å². The minimum absolute atomic E-state index is 0.509. The maximum Gasteiger partial charge on any atom is 0.122 e. The summed E-state index contributed by atoms with van der Waals surface area (Å²) in [4.78, 5) is 5.88. The molecule has 2 heterocycles. The lowest BCUT2D eigenvalue weighted by Gasteiger charge is -1.93. The molecular weight excluding hydrogens is 206 g/mol. The van der Waals surface area contributed by atoms with Gasteiger partial charge in [0.1, 0.15) is 5.82 Å². The number of thiophene rings is 1. The number of imidazole rings is 1. The summed E-state index contributed by atoms with van der Waals surface area (Å²) < 4.78 is 2.00. The predicted molar refractivity (Wildman–Crippen MR) is 62.8 cm³/mol. The fraction of sp³-hybridized carbons (Fsp3) is 0.364. The molecule has 2 aromatic rings. The summed E-state index contributed by atoms with van der Waals surface area (Å²) in [5.74, 6) is 0.955. The first-order valence-corrected chi connectivity index (χ1v) is 5.91. The molecule has 0 spiro atoms. The van der Waals surface area contributed by atoms with Crippen molar-refractivity contribution in [1.29, 1.82) is 0 Å². The first kappa shape index (κ1) is 10.4. The highest BCUT2D eigenvalue weighted by atomic mass is 32.1. The van der Waals surface area contributed by atoms with Crippen LogP contribution in [-0.4, -0.2) is 9.55 Å². The predicted octanol–water partition coefficient (Wildman–Crippen LogP) is 1.73. The van der Waals surface area contributed by atoms with Crippen LogP contribution in [0.1, 0.15) is 16.4 Å². The van der Waals surface area contributed by atoms with Gasteiger partial charge in [-0.25, -0.2) is 4.98 Å². The SMILES string of the molecule is Cn1cc(CCc2cccs2)nc1CN. The molecule has 0 atom stereocenters. The highest BCUT2D eigenvalue weighted by Crippen LogP contribution is 2.12. The van der Waals surface area contributed by atoms with Gasteiger partial charge in [-0.1, -0.05) is 6.07 Å². The number of hydrogen-bond acceptors (Lipinski definition) is 3. The van der Waals surface area contributed by atoms with Crippen LogP contribution in [0.4, 0.5) is 0 Å². The van der Waals surface area contributed by atoms with Crippen molar-refractivity contribution in [2.45, 2.75) is 19.4 Å². The zero-order chi connectivity index (χ0) is 10.7. The number of aromatic nitrogens is 2. The Morgan fingerprint density at radius 3 is 2.93 bits per heavy atom. The van der Waals surface area contributed by atoms with Gasteiger partial charge in [0.15, 0.2) is 0 Å². The lowest BCUT2D eigenvalue weighted by molar-refractivity contribution is 0.793. The molecule has 0 fully saturated rings. The van der Waals surface area contributed by atoms with E-state index in [-0.39, 0.29) is 0 Å². The Balaban J connectivity index is 1.99. The van der Waals surface area contributed by atoms with Gasteiger partial charge in [-0.05, 0) is 24.3 Å². The molecule has 0 aliphatic heterocycles. The van der Waals surface area contributed by atoms with Crippen molar-refractivity contribution in [3.63, 3.8) is 0 Å². The summed E-state index contributed by atoms with van der Waals surface area (Å²) in [5, 5.41) is 2.11. The molecule has 0 aliphatic carbocycles. The van der Waals surface area contributed by atoms with Crippen LogP contribution in [0, 0.1) is 0 Å². The van der Waals surface area contributed by atoms with Crippen LogP contribution in [0.5, 0.6) is 0 Å². The molecule has 0 radical (unpaired) electrons. The van der Waals surface area contributed by atoms with Gasteiger partial charge in [-0.15, -0.1) is 11.3 Å². The molecule has 0 bridgehead atoms. The fourth-order valence-electron chi connectivity index (χ4n) is 1.59. The third-order valence-electron chi connectivity index (χ3n) is 2.41. The van der Waals surface area contributed by atoms with Gasteiger partial charge >= 0.3 is 0 Å². The first-order chi connectivity index (χ1) is 7.29. The summed E-state index contributed by atoms with van der Waals surface area (Å²) in [5.41, 5.74) is 6.70. The van der Waals surface area contributed by atoms with Crippen molar-refractivity contribution in [2.75, 3.05) is 0 Å². The van der Waals surface area contributed by atoms with Gasteiger partial charge in [0, 0.05) is 18.1 Å². The molecule has 2 N–H and O–H groups in total. The second-order valence-electron chi connectivity index (χ2n) is 3.54. The maximum atomic E-state index is 5.57. The van der Waals surface area contributed by atoms with E-state index >= 15 is 0 Å². The van der Waals surface area contributed by atoms with Gasteiger partial charge in [0.25, 0.3) is 0 Å². The van der Waals surface area contributed by atoms with E-state index in [2.05, 4.69) is 28.7 Å². The molecule has 0 saturated carbocycles. The molecule has 0 aromatic carbocycles. The normalized spacial score (nSPS) is 10.8. The zero-order valence-corrected chi connectivity index (χ0v) is 9.63. The average molecular weight is 221 g/mol. The van der Waals surface area contributed by atoms with Crippen LogP contribution >= 0.6 is 11.3 Å².